The number of benzene rings is 2. The van der Waals surface area contributed by atoms with Crippen LogP contribution >= 0.6 is 11.3 Å². The van der Waals surface area contributed by atoms with Crippen LogP contribution in [0.25, 0.3) is 6.08 Å². The molecule has 1 atom stereocenters. The van der Waals surface area contributed by atoms with Gasteiger partial charge in [-0.25, -0.2) is 9.79 Å². The van der Waals surface area contributed by atoms with Crippen molar-refractivity contribution < 1.29 is 23.0 Å². The fourth-order valence-electron chi connectivity index (χ4n) is 4.41. The summed E-state index contributed by atoms with van der Waals surface area (Å²) in [7, 11) is 1.29. The summed E-state index contributed by atoms with van der Waals surface area (Å²) in [6.07, 6.45) is 1.50. The molecule has 0 saturated carbocycles. The van der Waals surface area contributed by atoms with Crippen molar-refractivity contribution in [1.29, 1.82) is 0 Å². The van der Waals surface area contributed by atoms with Gasteiger partial charge < -0.3 is 14.4 Å². The Hall–Kier alpha value is -3.79. The van der Waals surface area contributed by atoms with Crippen molar-refractivity contribution in [1.82, 2.24) is 4.57 Å². The SMILES string of the molecule is CCN(CC)c1ccc(C2C(C(=O)OC)=C(C)N=c3s/c(=C/c4ccccc4OC(F)F)c(=O)n32)cc1. The summed E-state index contributed by atoms with van der Waals surface area (Å²) in [6, 6.07) is 13.2. The van der Waals surface area contributed by atoms with E-state index in [1.165, 1.54) is 23.8 Å². The van der Waals surface area contributed by atoms with Crippen molar-refractivity contribution in [2.24, 2.45) is 4.99 Å². The quantitative estimate of drug-likeness (QED) is 0.416. The van der Waals surface area contributed by atoms with E-state index in [9.17, 15) is 18.4 Å². The number of ether oxygens (including phenoxy) is 2. The first kappa shape index (κ1) is 26.3. The first-order chi connectivity index (χ1) is 17.8. The maximum Gasteiger partial charge on any atom is 0.387 e. The van der Waals surface area contributed by atoms with Gasteiger partial charge in [-0.1, -0.05) is 41.7 Å². The lowest BCUT2D eigenvalue weighted by Crippen LogP contribution is -2.39. The van der Waals surface area contributed by atoms with Crippen LogP contribution in [-0.4, -0.2) is 37.3 Å². The Labute approximate surface area is 216 Å². The number of thiazole rings is 1. The second-order valence-electron chi connectivity index (χ2n) is 8.25. The van der Waals surface area contributed by atoms with Crippen LogP contribution in [0.15, 0.2) is 69.6 Å². The predicted molar refractivity (Wildman–Crippen MR) is 139 cm³/mol. The Morgan fingerprint density at radius 2 is 1.84 bits per heavy atom. The predicted octanol–water partition coefficient (Wildman–Crippen LogP) is 3.86. The molecule has 2 heterocycles. The van der Waals surface area contributed by atoms with Crippen LogP contribution in [0, 0.1) is 0 Å². The molecule has 4 rings (SSSR count). The van der Waals surface area contributed by atoms with Gasteiger partial charge in [-0.15, -0.1) is 0 Å². The van der Waals surface area contributed by atoms with Gasteiger partial charge >= 0.3 is 12.6 Å². The number of para-hydroxylation sites is 1. The number of aromatic nitrogens is 1. The molecule has 3 aromatic rings. The minimum absolute atomic E-state index is 0.0432. The number of fused-ring (bicyclic) bond motifs is 1. The zero-order valence-corrected chi connectivity index (χ0v) is 21.7. The molecule has 194 valence electrons. The number of anilines is 1. The Kier molecular flexibility index (Phi) is 7.87. The molecular weight excluding hydrogens is 500 g/mol. The molecule has 0 radical (unpaired) electrons. The molecule has 0 fully saturated rings. The third-order valence-corrected chi connectivity index (χ3v) is 7.17. The van der Waals surface area contributed by atoms with Crippen LogP contribution in [-0.2, 0) is 9.53 Å². The second kappa shape index (κ2) is 11.1. The number of carbonyl (C=O) groups excluding carboxylic acids is 1. The van der Waals surface area contributed by atoms with E-state index in [2.05, 4.69) is 28.5 Å². The van der Waals surface area contributed by atoms with Crippen molar-refractivity contribution >= 4 is 29.1 Å². The molecule has 1 aromatic heterocycles. The van der Waals surface area contributed by atoms with Crippen LogP contribution < -0.4 is 24.5 Å². The number of hydrogen-bond acceptors (Lipinski definition) is 7. The van der Waals surface area contributed by atoms with Gasteiger partial charge in [0.05, 0.1) is 29.0 Å². The number of halogens is 2. The Morgan fingerprint density at radius 3 is 2.46 bits per heavy atom. The topological polar surface area (TPSA) is 73.1 Å². The number of hydrogen-bond donors (Lipinski definition) is 0. The molecule has 0 aliphatic carbocycles. The number of alkyl halides is 2. The van der Waals surface area contributed by atoms with E-state index in [4.69, 9.17) is 4.74 Å². The summed E-state index contributed by atoms with van der Waals surface area (Å²) in [5.74, 6) is -0.623. The van der Waals surface area contributed by atoms with E-state index in [1.54, 1.807) is 25.1 Å². The molecule has 0 saturated heterocycles. The van der Waals surface area contributed by atoms with Crippen LogP contribution in [0.5, 0.6) is 5.75 Å². The fraction of sp³-hybridized carbons (Fsp3) is 0.296. The average Bonchev–Trinajstić information content (AvgIpc) is 3.19. The normalized spacial score (nSPS) is 15.4. The van der Waals surface area contributed by atoms with Gasteiger partial charge in [-0.05, 0) is 50.6 Å². The fourth-order valence-corrected chi connectivity index (χ4v) is 5.45. The summed E-state index contributed by atoms with van der Waals surface area (Å²) in [5, 5.41) is 0. The number of esters is 1. The van der Waals surface area contributed by atoms with Crippen molar-refractivity contribution in [3.05, 3.63) is 90.6 Å². The molecule has 10 heteroatoms. The number of methoxy groups -OCH3 is 1. The number of carbonyl (C=O) groups is 1. The van der Waals surface area contributed by atoms with E-state index in [-0.39, 0.29) is 15.9 Å². The van der Waals surface area contributed by atoms with E-state index < -0.39 is 24.2 Å². The highest BCUT2D eigenvalue weighted by Gasteiger charge is 2.33. The van der Waals surface area contributed by atoms with E-state index >= 15 is 0 Å². The molecule has 0 amide bonds. The lowest BCUT2D eigenvalue weighted by molar-refractivity contribution is -0.136. The highest BCUT2D eigenvalue weighted by molar-refractivity contribution is 7.07. The van der Waals surface area contributed by atoms with Crippen LogP contribution in [0.4, 0.5) is 14.5 Å². The van der Waals surface area contributed by atoms with Gasteiger partial charge in [0.15, 0.2) is 4.80 Å². The van der Waals surface area contributed by atoms with Crippen molar-refractivity contribution in [3.63, 3.8) is 0 Å². The van der Waals surface area contributed by atoms with Crippen LogP contribution in [0.1, 0.15) is 37.9 Å². The van der Waals surface area contributed by atoms with E-state index in [0.29, 0.717) is 16.1 Å². The van der Waals surface area contributed by atoms with Crippen molar-refractivity contribution in [3.8, 4) is 5.75 Å². The Balaban J connectivity index is 1.90. The van der Waals surface area contributed by atoms with E-state index in [0.717, 1.165) is 35.7 Å². The van der Waals surface area contributed by atoms with Crippen molar-refractivity contribution in [2.45, 2.75) is 33.4 Å². The van der Waals surface area contributed by atoms with Gasteiger partial charge in [0.25, 0.3) is 5.56 Å². The molecule has 1 aliphatic rings. The molecule has 0 bridgehead atoms. The third kappa shape index (κ3) is 5.20. The summed E-state index contributed by atoms with van der Waals surface area (Å²) >= 11 is 1.11. The molecule has 7 nitrogen and oxygen atoms in total. The monoisotopic (exact) mass is 527 g/mol. The number of rotatable bonds is 8. The Bertz CT molecular complexity index is 1510. The van der Waals surface area contributed by atoms with Crippen molar-refractivity contribution in [2.75, 3.05) is 25.1 Å². The molecule has 1 unspecified atom stereocenters. The second-order valence-corrected chi connectivity index (χ2v) is 9.26. The molecule has 0 N–H and O–H groups in total. The summed E-state index contributed by atoms with van der Waals surface area (Å²) < 4.78 is 37.2. The molecule has 1 aliphatic heterocycles. The zero-order chi connectivity index (χ0) is 26.7. The smallest absolute Gasteiger partial charge is 0.387 e. The minimum Gasteiger partial charge on any atom is -0.466 e. The van der Waals surface area contributed by atoms with Gasteiger partial charge in [0.2, 0.25) is 0 Å². The maximum atomic E-state index is 13.7. The lowest BCUT2D eigenvalue weighted by atomic mass is 9.95. The summed E-state index contributed by atoms with van der Waals surface area (Å²) in [6.45, 7) is 4.53. The highest BCUT2D eigenvalue weighted by Crippen LogP contribution is 2.31. The molecule has 2 aromatic carbocycles. The highest BCUT2D eigenvalue weighted by atomic mass is 32.1. The number of nitrogens with zero attached hydrogens (tertiary/aromatic N) is 3. The summed E-state index contributed by atoms with van der Waals surface area (Å²) in [5.41, 5.74) is 2.38. The maximum absolute atomic E-state index is 13.7. The number of allylic oxidation sites excluding steroid dienone is 1. The lowest BCUT2D eigenvalue weighted by Gasteiger charge is -2.26. The van der Waals surface area contributed by atoms with E-state index in [1.807, 2.05) is 24.3 Å². The first-order valence-electron chi connectivity index (χ1n) is 11.8. The molecule has 0 spiro atoms. The molecule has 37 heavy (non-hydrogen) atoms. The van der Waals surface area contributed by atoms with Crippen LogP contribution in [0.3, 0.4) is 0 Å². The van der Waals surface area contributed by atoms with Gasteiger partial charge in [0, 0.05) is 24.3 Å². The average molecular weight is 528 g/mol. The minimum atomic E-state index is -3.00. The first-order valence-corrected chi connectivity index (χ1v) is 12.6. The zero-order valence-electron chi connectivity index (χ0n) is 20.9. The van der Waals surface area contributed by atoms with Gasteiger partial charge in [0.1, 0.15) is 5.75 Å². The van der Waals surface area contributed by atoms with Gasteiger partial charge in [-0.2, -0.15) is 8.78 Å². The largest absolute Gasteiger partial charge is 0.466 e. The summed E-state index contributed by atoms with van der Waals surface area (Å²) in [4.78, 5) is 33.6. The third-order valence-electron chi connectivity index (χ3n) is 6.19. The Morgan fingerprint density at radius 1 is 1.16 bits per heavy atom. The molecular formula is C27H27F2N3O4S. The standard InChI is InChI=1S/C27H27F2N3O4S/c1-5-31(6-2)19-13-11-17(12-14-19)23-22(25(34)35-4)16(3)30-27-32(23)24(33)21(37-27)15-18-9-7-8-10-20(18)36-26(28)29/h7-15,23,26H,5-6H2,1-4H3/b21-15+. The van der Waals surface area contributed by atoms with Gasteiger partial charge in [-0.3, -0.25) is 9.36 Å². The van der Waals surface area contributed by atoms with Crippen LogP contribution in [0.2, 0.25) is 0 Å².